The van der Waals surface area contributed by atoms with E-state index in [2.05, 4.69) is 28.3 Å². The van der Waals surface area contributed by atoms with Gasteiger partial charge >= 0.3 is 0 Å². The summed E-state index contributed by atoms with van der Waals surface area (Å²) in [4.78, 5) is 9.11. The summed E-state index contributed by atoms with van der Waals surface area (Å²) in [5.74, 6) is 2.70. The molecule has 0 bridgehead atoms. The Bertz CT molecular complexity index is 363. The van der Waals surface area contributed by atoms with Crippen LogP contribution in [0.5, 0.6) is 0 Å². The molecule has 0 radical (unpaired) electrons. The minimum absolute atomic E-state index is 0.246. The molecule has 4 nitrogen and oxygen atoms in total. The molecule has 0 aliphatic heterocycles. The highest BCUT2D eigenvalue weighted by Gasteiger charge is 2.26. The van der Waals surface area contributed by atoms with E-state index in [4.69, 9.17) is 4.74 Å². The highest BCUT2D eigenvalue weighted by atomic mass is 16.5. The molecule has 16 heavy (non-hydrogen) atoms. The van der Waals surface area contributed by atoms with Crippen LogP contribution >= 0.6 is 0 Å². The van der Waals surface area contributed by atoms with Gasteiger partial charge in [-0.3, -0.25) is 0 Å². The first-order valence-corrected chi connectivity index (χ1v) is 5.80. The molecule has 1 aliphatic carbocycles. The monoisotopic (exact) mass is 221 g/mol. The topological polar surface area (TPSA) is 47.0 Å². The summed E-state index contributed by atoms with van der Waals surface area (Å²) in [7, 11) is 3.60. The van der Waals surface area contributed by atoms with Crippen LogP contribution in [0.3, 0.4) is 0 Å². The number of aromatic nitrogens is 2. The first-order chi connectivity index (χ1) is 7.74. The molecule has 1 atom stereocenters. The molecule has 1 aromatic heterocycles. The normalized spacial score (nSPS) is 17.2. The third-order valence-corrected chi connectivity index (χ3v) is 2.87. The van der Waals surface area contributed by atoms with Crippen LogP contribution in [0, 0.1) is 0 Å². The Morgan fingerprint density at radius 3 is 2.81 bits per heavy atom. The van der Waals surface area contributed by atoms with Crippen LogP contribution in [0.1, 0.15) is 43.1 Å². The standard InChI is InChI=1S/C12H19N3O/c1-8(7-16-3)12-14-10(9-4-5-9)6-11(13-2)15-12/h6,8-9H,4-5,7H2,1-3H3,(H,13,14,15). The van der Waals surface area contributed by atoms with Gasteiger partial charge in [0, 0.05) is 37.8 Å². The lowest BCUT2D eigenvalue weighted by molar-refractivity contribution is 0.181. The molecule has 88 valence electrons. The molecular weight excluding hydrogens is 202 g/mol. The molecule has 0 spiro atoms. The van der Waals surface area contributed by atoms with Crippen LogP contribution in [0.25, 0.3) is 0 Å². The molecule has 1 aliphatic rings. The maximum Gasteiger partial charge on any atom is 0.136 e. The zero-order valence-electron chi connectivity index (χ0n) is 10.2. The highest BCUT2D eigenvalue weighted by Crippen LogP contribution is 2.39. The molecular formula is C12H19N3O. The van der Waals surface area contributed by atoms with E-state index in [1.54, 1.807) is 7.11 Å². The Morgan fingerprint density at radius 2 is 2.25 bits per heavy atom. The number of hydrogen-bond donors (Lipinski definition) is 1. The molecule has 1 saturated carbocycles. The second-order valence-corrected chi connectivity index (χ2v) is 4.42. The van der Waals surface area contributed by atoms with E-state index >= 15 is 0 Å². The van der Waals surface area contributed by atoms with Crippen molar-refractivity contribution in [3.63, 3.8) is 0 Å². The summed E-state index contributed by atoms with van der Waals surface area (Å²) >= 11 is 0. The van der Waals surface area contributed by atoms with Gasteiger partial charge in [0.1, 0.15) is 11.6 Å². The van der Waals surface area contributed by atoms with E-state index in [0.717, 1.165) is 11.6 Å². The molecule has 1 fully saturated rings. The van der Waals surface area contributed by atoms with Crippen molar-refractivity contribution in [3.8, 4) is 0 Å². The van der Waals surface area contributed by atoms with Crippen LogP contribution in [-0.4, -0.2) is 30.7 Å². The highest BCUT2D eigenvalue weighted by molar-refractivity contribution is 5.37. The molecule has 0 aromatic carbocycles. The number of methoxy groups -OCH3 is 1. The molecule has 4 heteroatoms. The summed E-state index contributed by atoms with van der Waals surface area (Å²) in [5, 5.41) is 3.10. The van der Waals surface area contributed by atoms with Gasteiger partial charge in [-0.25, -0.2) is 9.97 Å². The van der Waals surface area contributed by atoms with E-state index < -0.39 is 0 Å². The minimum atomic E-state index is 0.246. The molecule has 0 amide bonds. The van der Waals surface area contributed by atoms with Gasteiger partial charge in [0.2, 0.25) is 0 Å². The third kappa shape index (κ3) is 2.50. The fourth-order valence-electron chi connectivity index (χ4n) is 1.75. The maximum absolute atomic E-state index is 5.15. The SMILES string of the molecule is CNc1cc(C2CC2)nc(C(C)COC)n1. The summed E-state index contributed by atoms with van der Waals surface area (Å²) in [6.45, 7) is 2.76. The first-order valence-electron chi connectivity index (χ1n) is 5.80. The molecule has 2 rings (SSSR count). The lowest BCUT2D eigenvalue weighted by Gasteiger charge is -2.12. The fourth-order valence-corrected chi connectivity index (χ4v) is 1.75. The Kier molecular flexibility index (Phi) is 3.39. The maximum atomic E-state index is 5.15. The number of nitrogens with zero attached hydrogens (tertiary/aromatic N) is 2. The predicted octanol–water partition coefficient (Wildman–Crippen LogP) is 2.15. The quantitative estimate of drug-likeness (QED) is 0.827. The molecule has 1 heterocycles. The third-order valence-electron chi connectivity index (χ3n) is 2.87. The van der Waals surface area contributed by atoms with E-state index in [1.165, 1.54) is 18.5 Å². The van der Waals surface area contributed by atoms with Crippen LogP contribution < -0.4 is 5.32 Å². The summed E-state index contributed by atoms with van der Waals surface area (Å²) in [6, 6.07) is 2.06. The van der Waals surface area contributed by atoms with Crippen LogP contribution in [-0.2, 0) is 4.74 Å². The van der Waals surface area contributed by atoms with Gasteiger partial charge in [-0.1, -0.05) is 6.92 Å². The minimum Gasteiger partial charge on any atom is -0.384 e. The Labute approximate surface area is 96.4 Å². The van der Waals surface area contributed by atoms with Crippen LogP contribution in [0.2, 0.25) is 0 Å². The van der Waals surface area contributed by atoms with Crippen molar-refractivity contribution in [1.29, 1.82) is 0 Å². The largest absolute Gasteiger partial charge is 0.384 e. The summed E-state index contributed by atoms with van der Waals surface area (Å²) in [5.41, 5.74) is 1.18. The van der Waals surface area contributed by atoms with Gasteiger partial charge < -0.3 is 10.1 Å². The number of hydrogen-bond acceptors (Lipinski definition) is 4. The smallest absolute Gasteiger partial charge is 0.136 e. The van der Waals surface area contributed by atoms with Crippen molar-refractivity contribution < 1.29 is 4.74 Å². The van der Waals surface area contributed by atoms with E-state index in [0.29, 0.717) is 12.5 Å². The first kappa shape index (κ1) is 11.3. The van der Waals surface area contributed by atoms with Crippen molar-refractivity contribution in [1.82, 2.24) is 9.97 Å². The number of nitrogens with one attached hydrogen (secondary N) is 1. The Balaban J connectivity index is 2.25. The molecule has 0 saturated heterocycles. The zero-order chi connectivity index (χ0) is 11.5. The number of ether oxygens (including phenoxy) is 1. The van der Waals surface area contributed by atoms with E-state index in [9.17, 15) is 0 Å². The van der Waals surface area contributed by atoms with Crippen LogP contribution in [0.15, 0.2) is 6.07 Å². The lowest BCUT2D eigenvalue weighted by Crippen LogP contribution is -2.10. The van der Waals surface area contributed by atoms with Crippen molar-refractivity contribution in [2.75, 3.05) is 26.1 Å². The van der Waals surface area contributed by atoms with Crippen molar-refractivity contribution in [2.45, 2.75) is 31.6 Å². The van der Waals surface area contributed by atoms with Crippen molar-refractivity contribution in [2.24, 2.45) is 0 Å². The van der Waals surface area contributed by atoms with Gasteiger partial charge in [-0.15, -0.1) is 0 Å². The van der Waals surface area contributed by atoms with Crippen molar-refractivity contribution >= 4 is 5.82 Å². The number of anilines is 1. The predicted molar refractivity (Wildman–Crippen MR) is 63.8 cm³/mol. The molecule has 1 N–H and O–H groups in total. The summed E-state index contributed by atoms with van der Waals surface area (Å²) in [6.07, 6.45) is 2.52. The fraction of sp³-hybridized carbons (Fsp3) is 0.667. The zero-order valence-corrected chi connectivity index (χ0v) is 10.2. The second-order valence-electron chi connectivity index (χ2n) is 4.42. The molecule has 1 aromatic rings. The molecule has 1 unspecified atom stereocenters. The van der Waals surface area contributed by atoms with Gasteiger partial charge in [-0.2, -0.15) is 0 Å². The van der Waals surface area contributed by atoms with E-state index in [-0.39, 0.29) is 5.92 Å². The average Bonchev–Trinajstić information content (AvgIpc) is 3.12. The van der Waals surface area contributed by atoms with Gasteiger partial charge in [0.25, 0.3) is 0 Å². The van der Waals surface area contributed by atoms with E-state index in [1.807, 2.05) is 7.05 Å². The Morgan fingerprint density at radius 1 is 1.50 bits per heavy atom. The van der Waals surface area contributed by atoms with Crippen LogP contribution in [0.4, 0.5) is 5.82 Å². The average molecular weight is 221 g/mol. The van der Waals surface area contributed by atoms with Gasteiger partial charge in [0.05, 0.1) is 6.61 Å². The lowest BCUT2D eigenvalue weighted by atomic mass is 10.1. The van der Waals surface area contributed by atoms with Gasteiger partial charge in [-0.05, 0) is 12.8 Å². The number of rotatable bonds is 5. The summed E-state index contributed by atoms with van der Waals surface area (Å²) < 4.78 is 5.15. The second kappa shape index (κ2) is 4.78. The Hall–Kier alpha value is -1.16. The van der Waals surface area contributed by atoms with Crippen molar-refractivity contribution in [3.05, 3.63) is 17.6 Å². The van der Waals surface area contributed by atoms with Gasteiger partial charge in [0.15, 0.2) is 0 Å².